The summed E-state index contributed by atoms with van der Waals surface area (Å²) >= 11 is 0. The number of likely N-dealkylation sites (N-methyl/N-ethyl adjacent to an activating group) is 1. The van der Waals surface area contributed by atoms with Gasteiger partial charge in [-0.2, -0.15) is 0 Å². The predicted octanol–water partition coefficient (Wildman–Crippen LogP) is 0.243. The van der Waals surface area contributed by atoms with Crippen molar-refractivity contribution in [2.45, 2.75) is 37.8 Å². The van der Waals surface area contributed by atoms with Crippen molar-refractivity contribution in [1.29, 1.82) is 0 Å². The second-order valence-electron chi connectivity index (χ2n) is 5.27. The van der Waals surface area contributed by atoms with Crippen LogP contribution in [-0.2, 0) is 4.79 Å². The zero-order chi connectivity index (χ0) is 13.1. The van der Waals surface area contributed by atoms with Crippen LogP contribution in [0.5, 0.6) is 0 Å². The second kappa shape index (κ2) is 5.56. The van der Waals surface area contributed by atoms with Crippen molar-refractivity contribution in [3.05, 3.63) is 0 Å². The second-order valence-corrected chi connectivity index (χ2v) is 5.27. The zero-order valence-electron chi connectivity index (χ0n) is 10.7. The number of carboxylic acids is 1. The number of carbonyl (C=O) groups excluding carboxylic acids is 1. The van der Waals surface area contributed by atoms with Crippen molar-refractivity contribution in [2.75, 3.05) is 20.1 Å². The molecule has 0 heterocycles. The molecule has 6 nitrogen and oxygen atoms in total. The van der Waals surface area contributed by atoms with Crippen molar-refractivity contribution in [3.8, 4) is 0 Å². The van der Waals surface area contributed by atoms with Crippen molar-refractivity contribution in [2.24, 2.45) is 5.92 Å². The molecule has 6 heteroatoms. The summed E-state index contributed by atoms with van der Waals surface area (Å²) in [6.45, 7) is 1.36. The SMILES string of the molecule is CN(CCNC(=O)NC(C(=O)O)C1CC1)C1CC1. The first-order valence-corrected chi connectivity index (χ1v) is 6.55. The third-order valence-corrected chi connectivity index (χ3v) is 3.57. The molecule has 1 unspecified atom stereocenters. The Balaban J connectivity index is 1.62. The molecular weight excluding hydrogens is 234 g/mol. The number of carbonyl (C=O) groups is 2. The fourth-order valence-electron chi connectivity index (χ4n) is 2.05. The van der Waals surface area contributed by atoms with Crippen LogP contribution in [0, 0.1) is 5.92 Å². The monoisotopic (exact) mass is 255 g/mol. The average Bonchev–Trinajstić information content (AvgIpc) is 3.17. The molecule has 0 aromatic rings. The van der Waals surface area contributed by atoms with Gasteiger partial charge >= 0.3 is 12.0 Å². The van der Waals surface area contributed by atoms with E-state index in [4.69, 9.17) is 5.11 Å². The van der Waals surface area contributed by atoms with Gasteiger partial charge in [-0.1, -0.05) is 0 Å². The van der Waals surface area contributed by atoms with E-state index in [0.717, 1.165) is 19.4 Å². The van der Waals surface area contributed by atoms with Gasteiger partial charge in [-0.25, -0.2) is 9.59 Å². The molecule has 3 N–H and O–H groups in total. The first-order valence-electron chi connectivity index (χ1n) is 6.55. The minimum Gasteiger partial charge on any atom is -0.480 e. The Bertz CT molecular complexity index is 327. The molecule has 0 saturated heterocycles. The number of carboxylic acid groups (broad SMARTS) is 1. The molecule has 2 amide bonds. The van der Waals surface area contributed by atoms with Crippen LogP contribution in [0.4, 0.5) is 4.79 Å². The zero-order valence-corrected chi connectivity index (χ0v) is 10.7. The number of amides is 2. The highest BCUT2D eigenvalue weighted by molar-refractivity contribution is 5.83. The molecule has 2 aliphatic rings. The lowest BCUT2D eigenvalue weighted by Gasteiger charge is -2.17. The number of nitrogens with one attached hydrogen (secondary N) is 2. The van der Waals surface area contributed by atoms with Gasteiger partial charge in [-0.3, -0.25) is 0 Å². The van der Waals surface area contributed by atoms with Crippen molar-refractivity contribution in [3.63, 3.8) is 0 Å². The van der Waals surface area contributed by atoms with Gasteiger partial charge in [0.1, 0.15) is 6.04 Å². The molecule has 0 radical (unpaired) electrons. The van der Waals surface area contributed by atoms with Crippen molar-refractivity contribution < 1.29 is 14.7 Å². The Hall–Kier alpha value is -1.30. The Morgan fingerprint density at radius 3 is 2.50 bits per heavy atom. The molecule has 2 fully saturated rings. The topological polar surface area (TPSA) is 81.7 Å². The number of rotatable bonds is 7. The molecule has 0 aliphatic heterocycles. The third-order valence-electron chi connectivity index (χ3n) is 3.57. The molecule has 0 spiro atoms. The first kappa shape index (κ1) is 13.1. The highest BCUT2D eigenvalue weighted by atomic mass is 16.4. The van der Waals surface area contributed by atoms with Gasteiger partial charge in [-0.05, 0) is 38.6 Å². The fourth-order valence-corrected chi connectivity index (χ4v) is 2.05. The summed E-state index contributed by atoms with van der Waals surface area (Å²) in [5, 5.41) is 14.2. The van der Waals surface area contributed by atoms with E-state index < -0.39 is 12.0 Å². The molecule has 0 aromatic carbocycles. The standard InChI is InChI=1S/C12H21N3O3/c1-15(9-4-5-9)7-6-13-12(18)14-10(11(16)17)8-2-3-8/h8-10H,2-7H2,1H3,(H,16,17)(H2,13,14,18). The largest absolute Gasteiger partial charge is 0.480 e. The lowest BCUT2D eigenvalue weighted by molar-refractivity contribution is -0.139. The molecule has 0 bridgehead atoms. The Morgan fingerprint density at radius 2 is 2.00 bits per heavy atom. The Morgan fingerprint density at radius 1 is 1.33 bits per heavy atom. The van der Waals surface area contributed by atoms with E-state index in [-0.39, 0.29) is 11.9 Å². The van der Waals surface area contributed by atoms with Gasteiger partial charge in [0.25, 0.3) is 0 Å². The maximum absolute atomic E-state index is 11.6. The Labute approximate surface area is 107 Å². The summed E-state index contributed by atoms with van der Waals surface area (Å²) in [5.41, 5.74) is 0. The molecule has 102 valence electrons. The summed E-state index contributed by atoms with van der Waals surface area (Å²) < 4.78 is 0. The van der Waals surface area contributed by atoms with Gasteiger partial charge in [-0.15, -0.1) is 0 Å². The van der Waals surface area contributed by atoms with Crippen molar-refractivity contribution >= 4 is 12.0 Å². The van der Waals surface area contributed by atoms with E-state index >= 15 is 0 Å². The summed E-state index contributed by atoms with van der Waals surface area (Å²) in [7, 11) is 2.04. The summed E-state index contributed by atoms with van der Waals surface area (Å²) in [5.74, 6) is -0.829. The van der Waals surface area contributed by atoms with E-state index in [2.05, 4.69) is 15.5 Å². The van der Waals surface area contributed by atoms with Crippen molar-refractivity contribution in [1.82, 2.24) is 15.5 Å². The number of nitrogens with zero attached hydrogens (tertiary/aromatic N) is 1. The minimum absolute atomic E-state index is 0.113. The lowest BCUT2D eigenvalue weighted by atomic mass is 10.2. The number of aliphatic carboxylic acids is 1. The fraction of sp³-hybridized carbons (Fsp3) is 0.833. The smallest absolute Gasteiger partial charge is 0.326 e. The molecule has 0 aromatic heterocycles. The van der Waals surface area contributed by atoms with Crippen LogP contribution in [0.25, 0.3) is 0 Å². The molecule has 2 saturated carbocycles. The van der Waals surface area contributed by atoms with Crippen LogP contribution in [0.15, 0.2) is 0 Å². The molecular formula is C12H21N3O3. The third kappa shape index (κ3) is 3.87. The average molecular weight is 255 g/mol. The minimum atomic E-state index is -0.942. The summed E-state index contributed by atoms with van der Waals surface area (Å²) in [6, 6.07) is -0.433. The van der Waals surface area contributed by atoms with Crippen LogP contribution < -0.4 is 10.6 Å². The van der Waals surface area contributed by atoms with Gasteiger partial charge < -0.3 is 20.6 Å². The van der Waals surface area contributed by atoms with Crippen LogP contribution in [0.2, 0.25) is 0 Å². The van der Waals surface area contributed by atoms with Gasteiger partial charge in [0.2, 0.25) is 0 Å². The van der Waals surface area contributed by atoms with Crippen LogP contribution >= 0.6 is 0 Å². The van der Waals surface area contributed by atoms with Gasteiger partial charge in [0.05, 0.1) is 0 Å². The maximum atomic E-state index is 11.6. The number of hydrogen-bond acceptors (Lipinski definition) is 3. The van der Waals surface area contributed by atoms with Gasteiger partial charge in [0, 0.05) is 19.1 Å². The van der Waals surface area contributed by atoms with E-state index in [1.54, 1.807) is 0 Å². The number of urea groups is 1. The predicted molar refractivity (Wildman–Crippen MR) is 66.3 cm³/mol. The summed E-state index contributed by atoms with van der Waals surface area (Å²) in [4.78, 5) is 24.7. The first-order chi connectivity index (χ1) is 8.58. The highest BCUT2D eigenvalue weighted by Gasteiger charge is 2.37. The molecule has 2 aliphatic carbocycles. The lowest BCUT2D eigenvalue weighted by Crippen LogP contribution is -2.48. The van der Waals surface area contributed by atoms with E-state index in [9.17, 15) is 9.59 Å². The van der Waals surface area contributed by atoms with Gasteiger partial charge in [0.15, 0.2) is 0 Å². The van der Waals surface area contributed by atoms with E-state index in [1.807, 2.05) is 7.05 Å². The van der Waals surface area contributed by atoms with E-state index in [0.29, 0.717) is 12.6 Å². The molecule has 2 rings (SSSR count). The quantitative estimate of drug-likeness (QED) is 0.609. The van der Waals surface area contributed by atoms with Crippen LogP contribution in [0.3, 0.4) is 0 Å². The summed E-state index contributed by atoms with van der Waals surface area (Å²) in [6.07, 6.45) is 4.26. The number of hydrogen-bond donors (Lipinski definition) is 3. The normalized spacial score (nSPS) is 20.6. The maximum Gasteiger partial charge on any atom is 0.326 e. The Kier molecular flexibility index (Phi) is 4.06. The van der Waals surface area contributed by atoms with E-state index in [1.165, 1.54) is 12.8 Å². The molecule has 18 heavy (non-hydrogen) atoms. The van der Waals surface area contributed by atoms with Crippen LogP contribution in [0.1, 0.15) is 25.7 Å². The molecule has 1 atom stereocenters. The van der Waals surface area contributed by atoms with Crippen LogP contribution in [-0.4, -0.2) is 54.2 Å². The highest BCUT2D eigenvalue weighted by Crippen LogP contribution is 2.32.